The van der Waals surface area contributed by atoms with Gasteiger partial charge in [-0.05, 0) is 26.8 Å². The van der Waals surface area contributed by atoms with E-state index < -0.39 is 0 Å². The standard InChI is InChI=1S/C13H19N5O/c1-13(2,3)14-8-9-7-11(19)16-12(15-9)10-5-6-18(4)17-10/h5-7,14H,8H2,1-4H3,(H,15,16,19). The van der Waals surface area contributed by atoms with Crippen molar-refractivity contribution in [2.24, 2.45) is 7.05 Å². The Kier molecular flexibility index (Phi) is 3.53. The molecule has 2 N–H and O–H groups in total. The molecule has 0 atom stereocenters. The highest BCUT2D eigenvalue weighted by Gasteiger charge is 2.11. The highest BCUT2D eigenvalue weighted by Crippen LogP contribution is 2.10. The van der Waals surface area contributed by atoms with Crippen LogP contribution in [0.15, 0.2) is 23.1 Å². The van der Waals surface area contributed by atoms with E-state index in [1.54, 1.807) is 4.68 Å². The first-order valence-corrected chi connectivity index (χ1v) is 6.19. The Bertz CT molecular complexity index is 620. The van der Waals surface area contributed by atoms with Gasteiger partial charge in [-0.1, -0.05) is 0 Å². The van der Waals surface area contributed by atoms with Crippen molar-refractivity contribution < 1.29 is 0 Å². The molecule has 0 amide bonds. The molecule has 0 spiro atoms. The minimum absolute atomic E-state index is 0.0184. The number of hydrogen-bond donors (Lipinski definition) is 2. The first-order chi connectivity index (χ1) is 8.83. The number of nitrogens with one attached hydrogen (secondary N) is 2. The van der Waals surface area contributed by atoms with E-state index in [9.17, 15) is 4.79 Å². The lowest BCUT2D eigenvalue weighted by Crippen LogP contribution is -2.35. The number of H-pyrrole nitrogens is 1. The summed E-state index contributed by atoms with van der Waals surface area (Å²) >= 11 is 0. The summed E-state index contributed by atoms with van der Waals surface area (Å²) in [5.74, 6) is 0.499. The molecule has 0 bridgehead atoms. The maximum Gasteiger partial charge on any atom is 0.251 e. The second-order valence-corrected chi connectivity index (χ2v) is 5.56. The van der Waals surface area contributed by atoms with Crippen LogP contribution in [-0.4, -0.2) is 25.3 Å². The highest BCUT2D eigenvalue weighted by atomic mass is 16.1. The fourth-order valence-electron chi connectivity index (χ4n) is 1.62. The molecular formula is C13H19N5O. The summed E-state index contributed by atoms with van der Waals surface area (Å²) in [7, 11) is 1.83. The second-order valence-electron chi connectivity index (χ2n) is 5.56. The molecular weight excluding hydrogens is 242 g/mol. The second kappa shape index (κ2) is 4.97. The largest absolute Gasteiger partial charge is 0.306 e. The van der Waals surface area contributed by atoms with Crippen molar-refractivity contribution in [3.63, 3.8) is 0 Å². The van der Waals surface area contributed by atoms with Gasteiger partial charge in [0.05, 0.1) is 5.69 Å². The average molecular weight is 261 g/mol. The monoisotopic (exact) mass is 261 g/mol. The van der Waals surface area contributed by atoms with E-state index in [1.807, 2.05) is 19.3 Å². The third-order valence-electron chi connectivity index (χ3n) is 2.55. The van der Waals surface area contributed by atoms with Crippen LogP contribution in [0.3, 0.4) is 0 Å². The summed E-state index contributed by atoms with van der Waals surface area (Å²) < 4.78 is 1.68. The van der Waals surface area contributed by atoms with Crippen molar-refractivity contribution in [2.45, 2.75) is 32.9 Å². The van der Waals surface area contributed by atoms with E-state index >= 15 is 0 Å². The predicted octanol–water partition coefficient (Wildman–Crippen LogP) is 1.06. The van der Waals surface area contributed by atoms with Crippen molar-refractivity contribution in [1.29, 1.82) is 0 Å². The Morgan fingerprint density at radius 1 is 1.42 bits per heavy atom. The van der Waals surface area contributed by atoms with Crippen LogP contribution in [0.2, 0.25) is 0 Å². The first kappa shape index (κ1) is 13.5. The topological polar surface area (TPSA) is 75.6 Å². The maximum atomic E-state index is 11.7. The van der Waals surface area contributed by atoms with Gasteiger partial charge < -0.3 is 10.3 Å². The van der Waals surface area contributed by atoms with Gasteiger partial charge >= 0.3 is 0 Å². The Morgan fingerprint density at radius 3 is 2.74 bits per heavy atom. The quantitative estimate of drug-likeness (QED) is 0.866. The third-order valence-corrected chi connectivity index (χ3v) is 2.55. The molecule has 2 heterocycles. The SMILES string of the molecule is Cn1ccc(-c2nc(CNC(C)(C)C)cc(=O)[nH]2)n1. The molecule has 0 aliphatic carbocycles. The number of nitrogens with zero attached hydrogens (tertiary/aromatic N) is 3. The lowest BCUT2D eigenvalue weighted by Gasteiger charge is -2.20. The number of rotatable bonds is 3. The van der Waals surface area contributed by atoms with E-state index in [1.165, 1.54) is 6.07 Å². The Hall–Kier alpha value is -1.95. The molecule has 0 saturated heterocycles. The molecule has 0 aliphatic rings. The summed E-state index contributed by atoms with van der Waals surface area (Å²) in [5, 5.41) is 7.54. The zero-order chi connectivity index (χ0) is 14.0. The van der Waals surface area contributed by atoms with Crippen molar-refractivity contribution >= 4 is 0 Å². The first-order valence-electron chi connectivity index (χ1n) is 6.19. The lowest BCUT2D eigenvalue weighted by atomic mass is 10.1. The molecule has 102 valence electrons. The van der Waals surface area contributed by atoms with E-state index in [4.69, 9.17) is 0 Å². The molecule has 19 heavy (non-hydrogen) atoms. The molecule has 2 rings (SSSR count). The number of aryl methyl sites for hydroxylation is 1. The van der Waals surface area contributed by atoms with Crippen LogP contribution < -0.4 is 10.9 Å². The van der Waals surface area contributed by atoms with Gasteiger partial charge in [0.25, 0.3) is 5.56 Å². The van der Waals surface area contributed by atoms with Gasteiger partial charge in [-0.3, -0.25) is 9.48 Å². The smallest absolute Gasteiger partial charge is 0.251 e. The normalized spacial score (nSPS) is 11.8. The summed E-state index contributed by atoms with van der Waals surface area (Å²) in [6.07, 6.45) is 1.81. The van der Waals surface area contributed by atoms with Crippen LogP contribution >= 0.6 is 0 Å². The Labute approximate surface area is 111 Å². The maximum absolute atomic E-state index is 11.7. The van der Waals surface area contributed by atoms with Crippen LogP contribution in [0.1, 0.15) is 26.5 Å². The number of aromatic nitrogens is 4. The van der Waals surface area contributed by atoms with Crippen LogP contribution in [0.25, 0.3) is 11.5 Å². The molecule has 2 aromatic rings. The number of hydrogen-bond acceptors (Lipinski definition) is 4. The fourth-order valence-corrected chi connectivity index (χ4v) is 1.62. The molecule has 0 aliphatic heterocycles. The molecule has 0 aromatic carbocycles. The molecule has 2 aromatic heterocycles. The van der Waals surface area contributed by atoms with Crippen LogP contribution in [0, 0.1) is 0 Å². The van der Waals surface area contributed by atoms with E-state index in [-0.39, 0.29) is 11.1 Å². The zero-order valence-electron chi connectivity index (χ0n) is 11.7. The van der Waals surface area contributed by atoms with Gasteiger partial charge in [0, 0.05) is 31.4 Å². The van der Waals surface area contributed by atoms with Crippen molar-refractivity contribution in [1.82, 2.24) is 25.1 Å². The average Bonchev–Trinajstić information content (AvgIpc) is 2.72. The van der Waals surface area contributed by atoms with Crippen LogP contribution in [0.5, 0.6) is 0 Å². The van der Waals surface area contributed by atoms with Crippen molar-refractivity contribution in [3.05, 3.63) is 34.4 Å². The summed E-state index contributed by atoms with van der Waals surface area (Å²) in [4.78, 5) is 18.8. The number of aromatic amines is 1. The zero-order valence-corrected chi connectivity index (χ0v) is 11.7. The van der Waals surface area contributed by atoms with Gasteiger partial charge in [-0.2, -0.15) is 5.10 Å². The summed E-state index contributed by atoms with van der Waals surface area (Å²) in [5.41, 5.74) is 1.19. The minimum Gasteiger partial charge on any atom is -0.306 e. The van der Waals surface area contributed by atoms with Gasteiger partial charge in [-0.25, -0.2) is 4.98 Å². The Morgan fingerprint density at radius 2 is 2.16 bits per heavy atom. The molecule has 0 unspecified atom stereocenters. The Balaban J connectivity index is 2.27. The van der Waals surface area contributed by atoms with Gasteiger partial charge in [-0.15, -0.1) is 0 Å². The molecule has 0 fully saturated rings. The van der Waals surface area contributed by atoms with E-state index in [0.29, 0.717) is 23.8 Å². The van der Waals surface area contributed by atoms with Crippen LogP contribution in [-0.2, 0) is 13.6 Å². The predicted molar refractivity (Wildman–Crippen MR) is 73.7 cm³/mol. The van der Waals surface area contributed by atoms with Crippen molar-refractivity contribution in [2.75, 3.05) is 0 Å². The van der Waals surface area contributed by atoms with Gasteiger partial charge in [0.15, 0.2) is 5.82 Å². The lowest BCUT2D eigenvalue weighted by molar-refractivity contribution is 0.421. The minimum atomic E-state index is -0.165. The van der Waals surface area contributed by atoms with Gasteiger partial charge in [0.2, 0.25) is 0 Å². The summed E-state index contributed by atoms with van der Waals surface area (Å²) in [6, 6.07) is 3.32. The van der Waals surface area contributed by atoms with E-state index in [0.717, 1.165) is 0 Å². The highest BCUT2D eigenvalue weighted by molar-refractivity contribution is 5.47. The molecule has 6 nitrogen and oxygen atoms in total. The molecule has 0 saturated carbocycles. The fraction of sp³-hybridized carbons (Fsp3) is 0.462. The summed E-state index contributed by atoms with van der Waals surface area (Å²) in [6.45, 7) is 6.76. The van der Waals surface area contributed by atoms with E-state index in [2.05, 4.69) is 41.2 Å². The van der Waals surface area contributed by atoms with Crippen molar-refractivity contribution in [3.8, 4) is 11.5 Å². The third kappa shape index (κ3) is 3.75. The molecule has 6 heteroatoms. The molecule has 0 radical (unpaired) electrons. The van der Waals surface area contributed by atoms with Gasteiger partial charge in [0.1, 0.15) is 5.69 Å². The van der Waals surface area contributed by atoms with Crippen LogP contribution in [0.4, 0.5) is 0 Å².